The van der Waals surface area contributed by atoms with E-state index in [2.05, 4.69) is 16.9 Å². The van der Waals surface area contributed by atoms with Crippen LogP contribution in [0.5, 0.6) is 0 Å². The van der Waals surface area contributed by atoms with Crippen molar-refractivity contribution in [3.05, 3.63) is 59.7 Å². The highest BCUT2D eigenvalue weighted by atomic mass is 16.2. The average molecular weight is 337 g/mol. The van der Waals surface area contributed by atoms with E-state index in [1.807, 2.05) is 38.1 Å². The lowest BCUT2D eigenvalue weighted by atomic mass is 10.0. The molecule has 25 heavy (non-hydrogen) atoms. The number of nitrogens with zero attached hydrogens (tertiary/aromatic N) is 2. The minimum atomic E-state index is -0.282. The van der Waals surface area contributed by atoms with Crippen LogP contribution in [0.4, 0.5) is 5.82 Å². The molecule has 1 aromatic carbocycles. The molecule has 0 bridgehead atoms. The van der Waals surface area contributed by atoms with Crippen LogP contribution in [0.15, 0.2) is 48.6 Å². The molecule has 0 aliphatic carbocycles. The molecule has 0 saturated heterocycles. The van der Waals surface area contributed by atoms with E-state index in [9.17, 15) is 9.59 Å². The molecular weight excluding hydrogens is 314 g/mol. The summed E-state index contributed by atoms with van der Waals surface area (Å²) < 4.78 is 0. The summed E-state index contributed by atoms with van der Waals surface area (Å²) >= 11 is 0. The first-order chi connectivity index (χ1) is 11.8. The third-order valence-corrected chi connectivity index (χ3v) is 3.88. The zero-order valence-electron chi connectivity index (χ0n) is 15.1. The maximum atomic E-state index is 12.5. The van der Waals surface area contributed by atoms with E-state index in [0.29, 0.717) is 17.9 Å². The number of hydrogen-bond donors (Lipinski definition) is 1. The summed E-state index contributed by atoms with van der Waals surface area (Å²) in [6.45, 7) is 9.43. The molecule has 0 fully saturated rings. The fraction of sp³-hybridized carbons (Fsp3) is 0.250. The van der Waals surface area contributed by atoms with Crippen molar-refractivity contribution in [2.75, 3.05) is 18.5 Å². The number of carbonyl (C=O) groups excluding carboxylic acids is 2. The lowest BCUT2D eigenvalue weighted by molar-refractivity contribution is -0.116. The van der Waals surface area contributed by atoms with Gasteiger partial charge in [-0.3, -0.25) is 14.5 Å². The number of aryl methyl sites for hydroxylation is 1. The Morgan fingerprint density at radius 1 is 1.16 bits per heavy atom. The molecule has 2 rings (SSSR count). The number of hydrogen-bond acceptors (Lipinski definition) is 3. The van der Waals surface area contributed by atoms with Gasteiger partial charge in [-0.25, -0.2) is 4.98 Å². The standard InChI is InChI=1S/C20H23N3O2/c1-13(2)12-21-20(25)17-10-11-18(16-9-7-6-8-14(16)3)22-19(17)23(5)15(4)24/h6-11H,1,12H2,2-5H3,(H,21,25). The van der Waals surface area contributed by atoms with Crippen LogP contribution in [-0.2, 0) is 4.79 Å². The highest BCUT2D eigenvalue weighted by Crippen LogP contribution is 2.26. The van der Waals surface area contributed by atoms with Gasteiger partial charge in [-0.15, -0.1) is 0 Å². The summed E-state index contributed by atoms with van der Waals surface area (Å²) in [5.41, 5.74) is 3.97. The predicted octanol–water partition coefficient (Wildman–Crippen LogP) is 3.35. The first kappa shape index (κ1) is 18.4. The largest absolute Gasteiger partial charge is 0.348 e. The Bertz CT molecular complexity index is 827. The molecule has 0 saturated carbocycles. The van der Waals surface area contributed by atoms with Crippen molar-refractivity contribution in [3.8, 4) is 11.3 Å². The van der Waals surface area contributed by atoms with E-state index in [4.69, 9.17) is 0 Å². The molecule has 1 heterocycles. The number of nitrogens with one attached hydrogen (secondary N) is 1. The van der Waals surface area contributed by atoms with Gasteiger partial charge >= 0.3 is 0 Å². The number of benzene rings is 1. The van der Waals surface area contributed by atoms with Gasteiger partial charge in [0.1, 0.15) is 5.82 Å². The maximum absolute atomic E-state index is 12.5. The molecule has 1 N–H and O–H groups in total. The fourth-order valence-electron chi connectivity index (χ4n) is 2.37. The van der Waals surface area contributed by atoms with Crippen molar-refractivity contribution < 1.29 is 9.59 Å². The monoisotopic (exact) mass is 337 g/mol. The second-order valence-electron chi connectivity index (χ2n) is 6.10. The summed E-state index contributed by atoms with van der Waals surface area (Å²) in [7, 11) is 1.61. The van der Waals surface area contributed by atoms with Crippen LogP contribution in [0, 0.1) is 6.92 Å². The quantitative estimate of drug-likeness (QED) is 0.851. The van der Waals surface area contributed by atoms with Crippen LogP contribution < -0.4 is 10.2 Å². The zero-order valence-corrected chi connectivity index (χ0v) is 15.1. The Labute approximate surface area is 148 Å². The van der Waals surface area contributed by atoms with Crippen molar-refractivity contribution in [2.45, 2.75) is 20.8 Å². The van der Waals surface area contributed by atoms with Crippen molar-refractivity contribution in [1.29, 1.82) is 0 Å². The van der Waals surface area contributed by atoms with Crippen LogP contribution in [0.1, 0.15) is 29.8 Å². The molecule has 5 nitrogen and oxygen atoms in total. The molecule has 0 radical (unpaired) electrons. The second kappa shape index (κ2) is 7.75. The van der Waals surface area contributed by atoms with E-state index < -0.39 is 0 Å². The molecule has 0 spiro atoms. The van der Waals surface area contributed by atoms with Gasteiger partial charge in [0.05, 0.1) is 11.3 Å². The Balaban J connectivity index is 2.50. The van der Waals surface area contributed by atoms with Crippen LogP contribution in [0.3, 0.4) is 0 Å². The number of aromatic nitrogens is 1. The molecule has 0 unspecified atom stereocenters. The molecular formula is C20H23N3O2. The van der Waals surface area contributed by atoms with Crippen molar-refractivity contribution in [1.82, 2.24) is 10.3 Å². The van der Waals surface area contributed by atoms with E-state index in [1.54, 1.807) is 19.2 Å². The molecule has 0 aliphatic heterocycles. The van der Waals surface area contributed by atoms with Gasteiger partial charge in [-0.1, -0.05) is 36.4 Å². The highest BCUT2D eigenvalue weighted by Gasteiger charge is 2.19. The van der Waals surface area contributed by atoms with Gasteiger partial charge in [0.2, 0.25) is 5.91 Å². The third-order valence-electron chi connectivity index (χ3n) is 3.88. The first-order valence-corrected chi connectivity index (χ1v) is 8.05. The van der Waals surface area contributed by atoms with E-state index in [0.717, 1.165) is 22.4 Å². The Hall–Kier alpha value is -2.95. The average Bonchev–Trinajstić information content (AvgIpc) is 2.58. The van der Waals surface area contributed by atoms with Crippen molar-refractivity contribution in [3.63, 3.8) is 0 Å². The molecule has 5 heteroatoms. The van der Waals surface area contributed by atoms with Crippen LogP contribution in [-0.4, -0.2) is 30.4 Å². The topological polar surface area (TPSA) is 62.3 Å². The molecule has 0 atom stereocenters. The first-order valence-electron chi connectivity index (χ1n) is 8.05. The summed E-state index contributed by atoms with van der Waals surface area (Å²) in [4.78, 5) is 30.3. The normalized spacial score (nSPS) is 10.2. The smallest absolute Gasteiger partial charge is 0.255 e. The van der Waals surface area contributed by atoms with E-state index in [1.165, 1.54) is 11.8 Å². The van der Waals surface area contributed by atoms with Crippen molar-refractivity contribution in [2.24, 2.45) is 0 Å². The highest BCUT2D eigenvalue weighted by molar-refractivity contribution is 6.03. The number of amides is 2. The molecule has 1 aromatic heterocycles. The Kier molecular flexibility index (Phi) is 5.70. The van der Waals surface area contributed by atoms with Gasteiger partial charge in [0.15, 0.2) is 0 Å². The second-order valence-corrected chi connectivity index (χ2v) is 6.10. The fourth-order valence-corrected chi connectivity index (χ4v) is 2.37. The van der Waals surface area contributed by atoms with Gasteiger partial charge < -0.3 is 5.32 Å². The minimum absolute atomic E-state index is 0.191. The van der Waals surface area contributed by atoms with Gasteiger partial charge in [0.25, 0.3) is 5.91 Å². The van der Waals surface area contributed by atoms with Crippen LogP contribution in [0.2, 0.25) is 0 Å². The number of pyridine rings is 1. The zero-order chi connectivity index (χ0) is 18.6. The lowest BCUT2D eigenvalue weighted by Crippen LogP contribution is -2.30. The Morgan fingerprint density at radius 3 is 2.44 bits per heavy atom. The summed E-state index contributed by atoms with van der Waals surface area (Å²) in [5.74, 6) is -0.134. The maximum Gasteiger partial charge on any atom is 0.255 e. The number of carbonyl (C=O) groups is 2. The number of anilines is 1. The Morgan fingerprint density at radius 2 is 1.84 bits per heavy atom. The molecule has 0 aliphatic rings. The molecule has 130 valence electrons. The summed E-state index contributed by atoms with van der Waals surface area (Å²) in [5, 5.41) is 2.79. The number of rotatable bonds is 5. The predicted molar refractivity (Wildman–Crippen MR) is 101 cm³/mol. The summed E-state index contributed by atoms with van der Waals surface area (Å²) in [6, 6.07) is 11.4. The van der Waals surface area contributed by atoms with Gasteiger partial charge in [-0.2, -0.15) is 0 Å². The SMILES string of the molecule is C=C(C)CNC(=O)c1ccc(-c2ccccc2C)nc1N(C)C(C)=O. The lowest BCUT2D eigenvalue weighted by Gasteiger charge is -2.19. The van der Waals surface area contributed by atoms with E-state index in [-0.39, 0.29) is 11.8 Å². The van der Waals surface area contributed by atoms with Crippen LogP contribution in [0.25, 0.3) is 11.3 Å². The third kappa shape index (κ3) is 4.32. The molecule has 2 aromatic rings. The van der Waals surface area contributed by atoms with E-state index >= 15 is 0 Å². The minimum Gasteiger partial charge on any atom is -0.348 e. The van der Waals surface area contributed by atoms with Gasteiger partial charge in [0, 0.05) is 26.1 Å². The summed E-state index contributed by atoms with van der Waals surface area (Å²) in [6.07, 6.45) is 0. The molecule has 2 amide bonds. The van der Waals surface area contributed by atoms with Crippen LogP contribution >= 0.6 is 0 Å². The van der Waals surface area contributed by atoms with Gasteiger partial charge in [-0.05, 0) is 31.5 Å². The van der Waals surface area contributed by atoms with Crippen molar-refractivity contribution >= 4 is 17.6 Å².